The molecule has 102 valence electrons. The van der Waals surface area contributed by atoms with Crippen molar-refractivity contribution in [2.75, 3.05) is 12.3 Å². The highest BCUT2D eigenvalue weighted by Crippen LogP contribution is 2.31. The van der Waals surface area contributed by atoms with E-state index in [4.69, 9.17) is 10.5 Å². The van der Waals surface area contributed by atoms with Gasteiger partial charge in [-0.2, -0.15) is 0 Å². The second-order valence-electron chi connectivity index (χ2n) is 3.96. The van der Waals surface area contributed by atoms with Crippen molar-refractivity contribution in [2.24, 2.45) is 0 Å². The molecule has 3 rings (SSSR count). The molecule has 0 saturated carbocycles. The zero-order valence-electron chi connectivity index (χ0n) is 10.6. The highest BCUT2D eigenvalue weighted by molar-refractivity contribution is 7.22. The first kappa shape index (κ1) is 13.0. The molecule has 0 unspecified atom stereocenters. The molecule has 0 atom stereocenters. The number of aromatic nitrogens is 2. The monoisotopic (exact) mass is 305 g/mol. The molecular formula is C13H11N3O2S2. The van der Waals surface area contributed by atoms with E-state index in [1.165, 1.54) is 11.3 Å². The van der Waals surface area contributed by atoms with Gasteiger partial charge in [0, 0.05) is 0 Å². The number of hydrogen-bond donors (Lipinski definition) is 1. The number of pyridine rings is 1. The van der Waals surface area contributed by atoms with Crippen LogP contribution in [0.2, 0.25) is 0 Å². The molecule has 0 radical (unpaired) electrons. The van der Waals surface area contributed by atoms with Gasteiger partial charge in [0.15, 0.2) is 10.8 Å². The number of carbonyl (C=O) groups excluding carboxylic acids is 1. The maximum Gasteiger partial charge on any atom is 0.339 e. The van der Waals surface area contributed by atoms with Gasteiger partial charge in [-0.1, -0.05) is 17.4 Å². The molecule has 0 aliphatic rings. The first-order valence-corrected chi connectivity index (χ1v) is 7.66. The highest BCUT2D eigenvalue weighted by Gasteiger charge is 2.18. The van der Waals surface area contributed by atoms with Gasteiger partial charge in [-0.15, -0.1) is 11.3 Å². The summed E-state index contributed by atoms with van der Waals surface area (Å²) in [4.78, 5) is 21.7. The summed E-state index contributed by atoms with van der Waals surface area (Å²) in [6, 6.07) is 5.62. The Morgan fingerprint density at radius 1 is 1.45 bits per heavy atom. The van der Waals surface area contributed by atoms with Gasteiger partial charge in [0.2, 0.25) is 0 Å². The molecule has 2 N–H and O–H groups in total. The number of anilines is 1. The second-order valence-corrected chi connectivity index (χ2v) is 5.94. The van der Waals surface area contributed by atoms with E-state index in [-0.39, 0.29) is 5.97 Å². The lowest BCUT2D eigenvalue weighted by Gasteiger charge is -2.04. The molecule has 0 spiro atoms. The summed E-state index contributed by atoms with van der Waals surface area (Å²) in [7, 11) is 0. The van der Waals surface area contributed by atoms with Gasteiger partial charge < -0.3 is 10.5 Å². The zero-order valence-corrected chi connectivity index (χ0v) is 12.3. The molecule has 3 aromatic heterocycles. The van der Waals surface area contributed by atoms with Crippen LogP contribution in [0.15, 0.2) is 23.6 Å². The number of ether oxygens (including phenoxy) is 1. The molecule has 20 heavy (non-hydrogen) atoms. The quantitative estimate of drug-likeness (QED) is 0.752. The number of thiazole rings is 1. The summed E-state index contributed by atoms with van der Waals surface area (Å²) in [6.07, 6.45) is 0. The summed E-state index contributed by atoms with van der Waals surface area (Å²) in [5.41, 5.74) is 7.38. The maximum atomic E-state index is 12.1. The third kappa shape index (κ3) is 2.25. The van der Waals surface area contributed by atoms with Crippen molar-refractivity contribution >= 4 is 44.1 Å². The van der Waals surface area contributed by atoms with Crippen LogP contribution in [-0.4, -0.2) is 22.5 Å². The van der Waals surface area contributed by atoms with E-state index in [2.05, 4.69) is 9.97 Å². The number of nitrogens with zero attached hydrogens (tertiary/aromatic N) is 2. The van der Waals surface area contributed by atoms with Gasteiger partial charge in [-0.25, -0.2) is 14.8 Å². The number of fused-ring (bicyclic) bond motifs is 1. The second kappa shape index (κ2) is 5.18. The number of nitrogens with two attached hydrogens (primary N) is 1. The van der Waals surface area contributed by atoms with E-state index < -0.39 is 0 Å². The summed E-state index contributed by atoms with van der Waals surface area (Å²) in [6.45, 7) is 2.10. The van der Waals surface area contributed by atoms with Crippen molar-refractivity contribution in [2.45, 2.75) is 6.92 Å². The third-order valence-electron chi connectivity index (χ3n) is 2.65. The summed E-state index contributed by atoms with van der Waals surface area (Å²) >= 11 is 2.80. The Bertz CT molecular complexity index is 765. The van der Waals surface area contributed by atoms with Crippen LogP contribution >= 0.6 is 22.7 Å². The topological polar surface area (TPSA) is 78.1 Å². The SMILES string of the molecule is CCOC(=O)c1cc(-c2cccs2)nc2nc(N)sc12. The zero-order chi connectivity index (χ0) is 14.1. The van der Waals surface area contributed by atoms with E-state index in [1.54, 1.807) is 24.3 Å². The molecule has 7 heteroatoms. The van der Waals surface area contributed by atoms with E-state index in [9.17, 15) is 4.79 Å². The van der Waals surface area contributed by atoms with Crippen molar-refractivity contribution in [1.82, 2.24) is 9.97 Å². The average Bonchev–Trinajstić information content (AvgIpc) is 3.04. The van der Waals surface area contributed by atoms with Crippen LogP contribution in [0.3, 0.4) is 0 Å². The molecule has 3 aromatic rings. The first-order valence-electron chi connectivity index (χ1n) is 5.97. The van der Waals surface area contributed by atoms with Crippen LogP contribution in [0.1, 0.15) is 17.3 Å². The molecular weight excluding hydrogens is 294 g/mol. The van der Waals surface area contributed by atoms with Crippen molar-refractivity contribution in [3.05, 3.63) is 29.1 Å². The minimum Gasteiger partial charge on any atom is -0.462 e. The van der Waals surface area contributed by atoms with E-state index in [0.29, 0.717) is 33.3 Å². The fourth-order valence-corrected chi connectivity index (χ4v) is 3.30. The van der Waals surface area contributed by atoms with E-state index >= 15 is 0 Å². The standard InChI is InChI=1S/C13H11N3O2S2/c1-2-18-12(17)7-6-8(9-4-3-5-19-9)15-11-10(7)20-13(14)16-11/h3-6H,2H2,1H3,(H2,14,15,16). The highest BCUT2D eigenvalue weighted by atomic mass is 32.1. The Labute approximate surface area is 123 Å². The van der Waals surface area contributed by atoms with Crippen molar-refractivity contribution in [1.29, 1.82) is 0 Å². The normalized spacial score (nSPS) is 10.8. The lowest BCUT2D eigenvalue weighted by molar-refractivity contribution is 0.0529. The molecule has 0 aliphatic carbocycles. The van der Waals surface area contributed by atoms with Gasteiger partial charge in [0.05, 0.1) is 27.4 Å². The summed E-state index contributed by atoms with van der Waals surface area (Å²) in [5, 5.41) is 2.35. The molecule has 0 saturated heterocycles. The number of thiophene rings is 1. The Balaban J connectivity index is 2.22. The van der Waals surface area contributed by atoms with Crippen molar-refractivity contribution in [3.63, 3.8) is 0 Å². The Morgan fingerprint density at radius 3 is 3.00 bits per heavy atom. The number of esters is 1. The maximum absolute atomic E-state index is 12.1. The summed E-state index contributed by atoms with van der Waals surface area (Å²) < 4.78 is 5.76. The minimum atomic E-state index is -0.374. The number of carbonyl (C=O) groups is 1. The number of hydrogen-bond acceptors (Lipinski definition) is 7. The Hall–Kier alpha value is -1.99. The van der Waals surface area contributed by atoms with Crippen LogP contribution < -0.4 is 5.73 Å². The van der Waals surface area contributed by atoms with Gasteiger partial charge >= 0.3 is 5.97 Å². The van der Waals surface area contributed by atoms with Gasteiger partial charge in [-0.3, -0.25) is 0 Å². The average molecular weight is 305 g/mol. The van der Waals surface area contributed by atoms with E-state index in [0.717, 1.165) is 4.88 Å². The fourth-order valence-electron chi connectivity index (χ4n) is 1.84. The fraction of sp³-hybridized carbons (Fsp3) is 0.154. The predicted octanol–water partition coefficient (Wildman–Crippen LogP) is 3.18. The Morgan fingerprint density at radius 2 is 2.30 bits per heavy atom. The van der Waals surface area contributed by atoms with Gasteiger partial charge in [-0.05, 0) is 24.4 Å². The smallest absolute Gasteiger partial charge is 0.339 e. The third-order valence-corrected chi connectivity index (χ3v) is 4.45. The molecule has 0 aromatic carbocycles. The minimum absolute atomic E-state index is 0.325. The van der Waals surface area contributed by atoms with Crippen molar-refractivity contribution < 1.29 is 9.53 Å². The molecule has 3 heterocycles. The van der Waals surface area contributed by atoms with Crippen molar-refractivity contribution in [3.8, 4) is 10.6 Å². The molecule has 0 bridgehead atoms. The number of nitrogen functional groups attached to an aromatic ring is 1. The van der Waals surface area contributed by atoms with Crippen LogP contribution in [0, 0.1) is 0 Å². The van der Waals surface area contributed by atoms with Gasteiger partial charge in [0.1, 0.15) is 0 Å². The van der Waals surface area contributed by atoms with E-state index in [1.807, 2.05) is 17.5 Å². The Kier molecular flexibility index (Phi) is 3.37. The lowest BCUT2D eigenvalue weighted by Crippen LogP contribution is -2.05. The van der Waals surface area contributed by atoms with Crippen LogP contribution in [-0.2, 0) is 4.74 Å². The number of rotatable bonds is 3. The van der Waals surface area contributed by atoms with Crippen LogP contribution in [0.25, 0.3) is 20.9 Å². The molecule has 0 aliphatic heterocycles. The van der Waals surface area contributed by atoms with Gasteiger partial charge in [0.25, 0.3) is 0 Å². The first-order chi connectivity index (χ1) is 9.69. The predicted molar refractivity (Wildman–Crippen MR) is 81.1 cm³/mol. The summed E-state index contributed by atoms with van der Waals surface area (Å²) in [5.74, 6) is -0.374. The molecule has 0 amide bonds. The van der Waals surface area contributed by atoms with Crippen LogP contribution in [0.4, 0.5) is 5.13 Å². The molecule has 5 nitrogen and oxygen atoms in total. The van der Waals surface area contributed by atoms with Crippen LogP contribution in [0.5, 0.6) is 0 Å². The largest absolute Gasteiger partial charge is 0.462 e. The molecule has 0 fully saturated rings. The lowest BCUT2D eigenvalue weighted by atomic mass is 10.2.